The van der Waals surface area contributed by atoms with Gasteiger partial charge in [0.05, 0.1) is 13.2 Å². The normalized spacial score (nSPS) is 14.4. The van der Waals surface area contributed by atoms with Gasteiger partial charge in [0, 0.05) is 12.8 Å². The zero-order valence-electron chi connectivity index (χ0n) is 32.1. The zero-order chi connectivity index (χ0) is 38.5. The fraction of sp³-hybridized carbons (Fsp3) is 0.725. The van der Waals surface area contributed by atoms with Gasteiger partial charge in [-0.1, -0.05) is 133 Å². The summed E-state index contributed by atoms with van der Waals surface area (Å²) in [5, 5.41) is 21.7. The minimum absolute atomic E-state index is 0.143. The molecule has 1 amide bonds. The molecule has 0 saturated carbocycles. The van der Waals surface area contributed by atoms with E-state index in [-0.39, 0.29) is 12.8 Å². The highest BCUT2D eigenvalue weighted by Gasteiger charge is 2.28. The highest BCUT2D eigenvalue weighted by molar-refractivity contribution is 7.47. The molecule has 0 bridgehead atoms. The molecule has 0 aromatic heterocycles. The molecule has 0 heterocycles. The van der Waals surface area contributed by atoms with Crippen molar-refractivity contribution in [2.45, 2.75) is 167 Å². The number of phosphoric acid groups is 1. The average Bonchev–Trinajstić information content (AvgIpc) is 3.11. The fourth-order valence-electron chi connectivity index (χ4n) is 5.00. The average molecular weight is 756 g/mol. The van der Waals surface area contributed by atoms with Crippen LogP contribution >= 0.6 is 7.82 Å². The molecule has 0 aromatic rings. The molecular formula is C40H70NO10P. The van der Waals surface area contributed by atoms with Crippen LogP contribution in [0.5, 0.6) is 0 Å². The number of rotatable bonds is 36. The third-order valence-corrected chi connectivity index (χ3v) is 9.07. The molecule has 3 atom stereocenters. The summed E-state index contributed by atoms with van der Waals surface area (Å²) < 4.78 is 26.7. The van der Waals surface area contributed by atoms with E-state index in [0.29, 0.717) is 12.8 Å². The number of aliphatic hydroxyl groups excluding tert-OH is 1. The van der Waals surface area contributed by atoms with E-state index < -0.39 is 57.6 Å². The molecule has 12 heteroatoms. The number of esters is 1. The zero-order valence-corrected chi connectivity index (χ0v) is 33.0. The number of allylic oxidation sites excluding steroid dienone is 8. The van der Waals surface area contributed by atoms with Crippen molar-refractivity contribution in [1.29, 1.82) is 0 Å². The first kappa shape index (κ1) is 49.4. The summed E-state index contributed by atoms with van der Waals surface area (Å²) in [5.41, 5.74) is 0. The number of ether oxygens (including phenoxy) is 1. The Bertz CT molecular complexity index is 1070. The number of hydrogen-bond donors (Lipinski definition) is 4. The van der Waals surface area contributed by atoms with Crippen LogP contribution < -0.4 is 5.32 Å². The maximum Gasteiger partial charge on any atom is 0.472 e. The van der Waals surface area contributed by atoms with Gasteiger partial charge >= 0.3 is 19.8 Å². The molecule has 11 nitrogen and oxygen atoms in total. The van der Waals surface area contributed by atoms with Gasteiger partial charge in [-0.25, -0.2) is 9.36 Å². The Kier molecular flexibility index (Phi) is 33.7. The van der Waals surface area contributed by atoms with Gasteiger partial charge in [0.25, 0.3) is 0 Å². The van der Waals surface area contributed by atoms with E-state index in [1.807, 2.05) is 0 Å². The molecule has 0 aromatic carbocycles. The predicted molar refractivity (Wildman–Crippen MR) is 208 cm³/mol. The van der Waals surface area contributed by atoms with Crippen molar-refractivity contribution in [3.05, 3.63) is 48.6 Å². The molecule has 3 unspecified atom stereocenters. The SMILES string of the molecule is CCCCC/C=C\C/C=C\C/C=C\C/C=C\CCCCCC(=O)OCC(O)COP(=O)(O)OCC(NC(=O)CCCCCCCCCCC)C(=O)O. The summed E-state index contributed by atoms with van der Waals surface area (Å²) in [4.78, 5) is 45.6. The van der Waals surface area contributed by atoms with E-state index in [4.69, 9.17) is 13.8 Å². The number of phosphoric ester groups is 1. The van der Waals surface area contributed by atoms with Crippen molar-refractivity contribution >= 4 is 25.7 Å². The minimum atomic E-state index is -4.75. The maximum atomic E-state index is 12.2. The number of aliphatic carboxylic acids is 1. The van der Waals surface area contributed by atoms with Crippen LogP contribution in [0.3, 0.4) is 0 Å². The van der Waals surface area contributed by atoms with Crippen LogP contribution in [0.15, 0.2) is 48.6 Å². The second kappa shape index (κ2) is 35.5. The van der Waals surface area contributed by atoms with Crippen LogP contribution in [0.2, 0.25) is 0 Å². The number of hydrogen-bond acceptors (Lipinski definition) is 8. The summed E-state index contributed by atoms with van der Waals surface area (Å²) in [6.45, 7) is 2.47. The van der Waals surface area contributed by atoms with E-state index in [2.05, 4.69) is 67.8 Å². The Balaban J connectivity index is 3.98. The van der Waals surface area contributed by atoms with Gasteiger partial charge in [-0.05, 0) is 57.8 Å². The quantitative estimate of drug-likeness (QED) is 0.0209. The molecule has 0 aliphatic rings. The van der Waals surface area contributed by atoms with Crippen LogP contribution in [0.25, 0.3) is 0 Å². The van der Waals surface area contributed by atoms with E-state index >= 15 is 0 Å². The number of amides is 1. The Morgan fingerprint density at radius 3 is 1.62 bits per heavy atom. The van der Waals surface area contributed by atoms with Crippen LogP contribution in [0, 0.1) is 0 Å². The van der Waals surface area contributed by atoms with Crippen molar-refractivity contribution in [1.82, 2.24) is 5.32 Å². The monoisotopic (exact) mass is 755 g/mol. The van der Waals surface area contributed by atoms with Gasteiger partial charge in [0.1, 0.15) is 12.7 Å². The van der Waals surface area contributed by atoms with Crippen molar-refractivity contribution in [2.75, 3.05) is 19.8 Å². The van der Waals surface area contributed by atoms with Gasteiger partial charge < -0.3 is 25.2 Å². The molecule has 0 saturated heterocycles. The number of carbonyl (C=O) groups excluding carboxylic acids is 2. The van der Waals surface area contributed by atoms with Crippen LogP contribution in [-0.2, 0) is 32.7 Å². The highest BCUT2D eigenvalue weighted by Crippen LogP contribution is 2.43. The van der Waals surface area contributed by atoms with Gasteiger partial charge in [-0.15, -0.1) is 0 Å². The lowest BCUT2D eigenvalue weighted by molar-refractivity contribution is -0.147. The molecule has 0 radical (unpaired) electrons. The Morgan fingerprint density at radius 1 is 0.615 bits per heavy atom. The second-order valence-electron chi connectivity index (χ2n) is 13.1. The maximum absolute atomic E-state index is 12.2. The molecule has 52 heavy (non-hydrogen) atoms. The first-order valence-electron chi connectivity index (χ1n) is 19.7. The standard InChI is InChI=1S/C40H70NO10P/c1-3-5-7-9-11-13-14-15-16-17-18-19-20-21-22-24-26-28-30-32-39(44)49-33-36(42)34-50-52(47,48)51-35-37(40(45)46)41-38(43)31-29-27-25-23-12-10-8-6-4-2/h11,13,15-16,18-19,21-22,36-37,42H,3-10,12,14,17,20,23-35H2,1-2H3,(H,41,43)(H,45,46)(H,47,48)/b13-11-,16-15-,19-18-,22-21-. The molecule has 300 valence electrons. The molecule has 0 fully saturated rings. The van der Waals surface area contributed by atoms with Crippen molar-refractivity contribution in [2.24, 2.45) is 0 Å². The largest absolute Gasteiger partial charge is 0.480 e. The topological polar surface area (TPSA) is 169 Å². The van der Waals surface area contributed by atoms with Crippen LogP contribution in [0.1, 0.15) is 155 Å². The molecule has 0 aliphatic heterocycles. The Hall–Kier alpha value is -2.56. The Morgan fingerprint density at radius 2 is 1.06 bits per heavy atom. The van der Waals surface area contributed by atoms with Gasteiger partial charge in [-0.2, -0.15) is 0 Å². The first-order valence-corrected chi connectivity index (χ1v) is 21.2. The number of carboxylic acids is 1. The number of aliphatic hydroxyl groups is 1. The molecule has 0 aliphatic carbocycles. The van der Waals surface area contributed by atoms with Crippen molar-refractivity contribution in [3.8, 4) is 0 Å². The fourth-order valence-corrected chi connectivity index (χ4v) is 5.77. The third kappa shape index (κ3) is 34.5. The van der Waals surface area contributed by atoms with Crippen molar-refractivity contribution in [3.63, 3.8) is 0 Å². The van der Waals surface area contributed by atoms with E-state index in [1.165, 1.54) is 57.8 Å². The lowest BCUT2D eigenvalue weighted by Gasteiger charge is -2.18. The molecular weight excluding hydrogens is 685 g/mol. The van der Waals surface area contributed by atoms with Gasteiger partial charge in [-0.3, -0.25) is 18.6 Å². The molecule has 4 N–H and O–H groups in total. The molecule has 0 rings (SSSR count). The van der Waals surface area contributed by atoms with E-state index in [1.54, 1.807) is 0 Å². The summed E-state index contributed by atoms with van der Waals surface area (Å²) in [5.74, 6) is -2.41. The second-order valence-corrected chi connectivity index (χ2v) is 14.6. The number of unbranched alkanes of at least 4 members (excludes halogenated alkanes) is 14. The third-order valence-electron chi connectivity index (χ3n) is 8.12. The van der Waals surface area contributed by atoms with Gasteiger partial charge in [0.2, 0.25) is 5.91 Å². The highest BCUT2D eigenvalue weighted by atomic mass is 31.2. The first-order chi connectivity index (χ1) is 25.1. The number of nitrogens with one attached hydrogen (secondary N) is 1. The minimum Gasteiger partial charge on any atom is -0.480 e. The number of carboxylic acid groups (broad SMARTS) is 1. The summed E-state index contributed by atoms with van der Waals surface area (Å²) >= 11 is 0. The summed E-state index contributed by atoms with van der Waals surface area (Å²) in [6.07, 6.45) is 37.3. The van der Waals surface area contributed by atoms with Crippen molar-refractivity contribution < 1.29 is 47.8 Å². The van der Waals surface area contributed by atoms with E-state index in [9.17, 15) is 34.1 Å². The predicted octanol–water partition coefficient (Wildman–Crippen LogP) is 9.44. The Labute approximate surface area is 314 Å². The van der Waals surface area contributed by atoms with Crippen LogP contribution in [-0.4, -0.2) is 64.9 Å². The smallest absolute Gasteiger partial charge is 0.472 e. The lowest BCUT2D eigenvalue weighted by atomic mass is 10.1. The summed E-state index contributed by atoms with van der Waals surface area (Å²) in [7, 11) is -4.75. The van der Waals surface area contributed by atoms with E-state index in [0.717, 1.165) is 57.8 Å². The summed E-state index contributed by atoms with van der Waals surface area (Å²) in [6, 6.07) is -1.55. The van der Waals surface area contributed by atoms with Crippen LogP contribution in [0.4, 0.5) is 0 Å². The molecule has 0 spiro atoms. The number of carbonyl (C=O) groups is 3. The van der Waals surface area contributed by atoms with Gasteiger partial charge in [0.15, 0.2) is 6.04 Å². The lowest BCUT2D eigenvalue weighted by Crippen LogP contribution is -2.43.